The van der Waals surface area contributed by atoms with E-state index in [1.807, 2.05) is 13.8 Å². The number of aromatic nitrogens is 1. The summed E-state index contributed by atoms with van der Waals surface area (Å²) < 4.78 is 12.4. The Bertz CT molecular complexity index is 324. The Morgan fingerprint density at radius 1 is 1.53 bits per heavy atom. The first-order chi connectivity index (χ1) is 7.08. The van der Waals surface area contributed by atoms with Crippen molar-refractivity contribution in [3.8, 4) is 0 Å². The molecule has 0 atom stereocenters. The molecule has 0 radical (unpaired) electrons. The number of amides is 1. The van der Waals surface area contributed by atoms with E-state index in [2.05, 4.69) is 15.6 Å². The SMILES string of the molecule is CC(C)NCC(=O)Nc1ccc(F)nc1. The molecule has 1 rings (SSSR count). The summed E-state index contributed by atoms with van der Waals surface area (Å²) in [5.74, 6) is -0.731. The minimum Gasteiger partial charge on any atom is -0.324 e. The van der Waals surface area contributed by atoms with E-state index < -0.39 is 5.95 Å². The zero-order chi connectivity index (χ0) is 11.3. The van der Waals surface area contributed by atoms with Crippen LogP contribution in [0.5, 0.6) is 0 Å². The van der Waals surface area contributed by atoms with Gasteiger partial charge in [-0.2, -0.15) is 4.39 Å². The van der Waals surface area contributed by atoms with Gasteiger partial charge in [-0.15, -0.1) is 0 Å². The molecule has 0 fully saturated rings. The van der Waals surface area contributed by atoms with Gasteiger partial charge in [-0.3, -0.25) is 4.79 Å². The maximum absolute atomic E-state index is 12.4. The number of pyridine rings is 1. The fourth-order valence-electron chi connectivity index (χ4n) is 0.952. The molecule has 0 aromatic carbocycles. The van der Waals surface area contributed by atoms with Crippen LogP contribution >= 0.6 is 0 Å². The van der Waals surface area contributed by atoms with E-state index in [1.54, 1.807) is 0 Å². The van der Waals surface area contributed by atoms with E-state index in [4.69, 9.17) is 0 Å². The van der Waals surface area contributed by atoms with Gasteiger partial charge in [0, 0.05) is 6.04 Å². The smallest absolute Gasteiger partial charge is 0.238 e. The summed E-state index contributed by atoms with van der Waals surface area (Å²) in [5, 5.41) is 5.56. The molecule has 1 aromatic rings. The molecular formula is C10H14FN3O. The van der Waals surface area contributed by atoms with Crippen LogP contribution in [0, 0.1) is 5.95 Å². The molecular weight excluding hydrogens is 197 g/mol. The van der Waals surface area contributed by atoms with Crippen LogP contribution in [0.2, 0.25) is 0 Å². The summed E-state index contributed by atoms with van der Waals surface area (Å²) in [5.41, 5.74) is 0.493. The lowest BCUT2D eigenvalue weighted by Crippen LogP contribution is -2.32. The van der Waals surface area contributed by atoms with Crippen molar-refractivity contribution in [2.45, 2.75) is 19.9 Å². The number of anilines is 1. The highest BCUT2D eigenvalue weighted by Gasteiger charge is 2.03. The van der Waals surface area contributed by atoms with Crippen LogP contribution in [-0.4, -0.2) is 23.5 Å². The van der Waals surface area contributed by atoms with Crippen molar-refractivity contribution in [1.29, 1.82) is 0 Å². The highest BCUT2D eigenvalue weighted by Crippen LogP contribution is 2.04. The van der Waals surface area contributed by atoms with Gasteiger partial charge in [-0.1, -0.05) is 13.8 Å². The summed E-state index contributed by atoms with van der Waals surface area (Å²) in [4.78, 5) is 14.7. The maximum atomic E-state index is 12.4. The lowest BCUT2D eigenvalue weighted by molar-refractivity contribution is -0.115. The largest absolute Gasteiger partial charge is 0.324 e. The van der Waals surface area contributed by atoms with E-state index >= 15 is 0 Å². The summed E-state index contributed by atoms with van der Waals surface area (Å²) in [7, 11) is 0. The molecule has 0 saturated carbocycles. The minimum absolute atomic E-state index is 0.169. The number of nitrogens with one attached hydrogen (secondary N) is 2. The lowest BCUT2D eigenvalue weighted by atomic mass is 10.3. The monoisotopic (exact) mass is 211 g/mol. The molecule has 0 unspecified atom stereocenters. The van der Waals surface area contributed by atoms with Crippen molar-refractivity contribution < 1.29 is 9.18 Å². The predicted molar refractivity (Wildman–Crippen MR) is 56.0 cm³/mol. The van der Waals surface area contributed by atoms with Crippen molar-refractivity contribution in [2.75, 3.05) is 11.9 Å². The molecule has 0 aliphatic heterocycles. The fourth-order valence-corrected chi connectivity index (χ4v) is 0.952. The topological polar surface area (TPSA) is 54.0 Å². The Hall–Kier alpha value is -1.49. The van der Waals surface area contributed by atoms with Crippen LogP contribution in [0.25, 0.3) is 0 Å². The number of carbonyl (C=O) groups excluding carboxylic acids is 1. The van der Waals surface area contributed by atoms with Gasteiger partial charge >= 0.3 is 0 Å². The third-order valence-electron chi connectivity index (χ3n) is 1.68. The van der Waals surface area contributed by atoms with Crippen LogP contribution in [0.1, 0.15) is 13.8 Å². The second-order valence-corrected chi connectivity index (χ2v) is 3.45. The van der Waals surface area contributed by atoms with Crippen molar-refractivity contribution in [3.63, 3.8) is 0 Å². The Labute approximate surface area is 87.9 Å². The van der Waals surface area contributed by atoms with Crippen molar-refractivity contribution in [1.82, 2.24) is 10.3 Å². The molecule has 0 spiro atoms. The molecule has 0 aliphatic carbocycles. The van der Waals surface area contributed by atoms with Gasteiger partial charge in [0.25, 0.3) is 0 Å². The number of hydrogen-bond donors (Lipinski definition) is 2. The van der Waals surface area contributed by atoms with Gasteiger partial charge < -0.3 is 10.6 Å². The van der Waals surface area contributed by atoms with Crippen LogP contribution in [-0.2, 0) is 4.79 Å². The Balaban J connectivity index is 2.41. The van der Waals surface area contributed by atoms with Gasteiger partial charge in [-0.05, 0) is 12.1 Å². The minimum atomic E-state index is -0.562. The molecule has 15 heavy (non-hydrogen) atoms. The molecule has 5 heteroatoms. The van der Waals surface area contributed by atoms with Crippen LogP contribution < -0.4 is 10.6 Å². The quantitative estimate of drug-likeness (QED) is 0.735. The molecule has 0 aliphatic rings. The van der Waals surface area contributed by atoms with Gasteiger partial charge in [0.1, 0.15) is 0 Å². The van der Waals surface area contributed by atoms with E-state index in [0.717, 1.165) is 0 Å². The molecule has 1 amide bonds. The van der Waals surface area contributed by atoms with Gasteiger partial charge in [-0.25, -0.2) is 4.98 Å². The molecule has 0 saturated heterocycles. The fraction of sp³-hybridized carbons (Fsp3) is 0.400. The highest BCUT2D eigenvalue weighted by molar-refractivity contribution is 5.92. The number of rotatable bonds is 4. The summed E-state index contributed by atoms with van der Waals surface area (Å²) >= 11 is 0. The molecule has 4 nitrogen and oxygen atoms in total. The Kier molecular flexibility index (Phi) is 4.17. The second kappa shape index (κ2) is 5.41. The van der Waals surface area contributed by atoms with Crippen molar-refractivity contribution >= 4 is 11.6 Å². The molecule has 2 N–H and O–H groups in total. The van der Waals surface area contributed by atoms with E-state index in [-0.39, 0.29) is 18.5 Å². The average molecular weight is 211 g/mol. The molecule has 82 valence electrons. The number of hydrogen-bond acceptors (Lipinski definition) is 3. The zero-order valence-corrected chi connectivity index (χ0v) is 8.75. The highest BCUT2D eigenvalue weighted by atomic mass is 19.1. The predicted octanol–water partition coefficient (Wildman–Crippen LogP) is 1.16. The normalized spacial score (nSPS) is 10.4. The average Bonchev–Trinajstić information content (AvgIpc) is 2.19. The standard InChI is InChI=1S/C10H14FN3O/c1-7(2)12-6-10(15)14-8-3-4-9(11)13-5-8/h3-5,7,12H,6H2,1-2H3,(H,14,15). The maximum Gasteiger partial charge on any atom is 0.238 e. The molecule has 1 aromatic heterocycles. The third kappa shape index (κ3) is 4.51. The van der Waals surface area contributed by atoms with Crippen LogP contribution in [0.3, 0.4) is 0 Å². The van der Waals surface area contributed by atoms with E-state index in [1.165, 1.54) is 18.3 Å². The number of nitrogens with zero attached hydrogens (tertiary/aromatic N) is 1. The van der Waals surface area contributed by atoms with Gasteiger partial charge in [0.2, 0.25) is 11.9 Å². The van der Waals surface area contributed by atoms with Crippen molar-refractivity contribution in [3.05, 3.63) is 24.3 Å². The molecule has 1 heterocycles. The lowest BCUT2D eigenvalue weighted by Gasteiger charge is -2.08. The summed E-state index contributed by atoms with van der Waals surface area (Å²) in [6, 6.07) is 2.92. The first-order valence-corrected chi connectivity index (χ1v) is 4.72. The molecule has 0 bridgehead atoms. The van der Waals surface area contributed by atoms with E-state index in [0.29, 0.717) is 5.69 Å². The number of halogens is 1. The zero-order valence-electron chi connectivity index (χ0n) is 8.75. The van der Waals surface area contributed by atoms with Crippen LogP contribution in [0.15, 0.2) is 18.3 Å². The second-order valence-electron chi connectivity index (χ2n) is 3.45. The van der Waals surface area contributed by atoms with Crippen LogP contribution in [0.4, 0.5) is 10.1 Å². The first kappa shape index (κ1) is 11.6. The van der Waals surface area contributed by atoms with Crippen molar-refractivity contribution in [2.24, 2.45) is 0 Å². The number of carbonyl (C=O) groups is 1. The summed E-state index contributed by atoms with van der Waals surface area (Å²) in [6.07, 6.45) is 1.28. The Morgan fingerprint density at radius 2 is 2.27 bits per heavy atom. The first-order valence-electron chi connectivity index (χ1n) is 4.72. The Morgan fingerprint density at radius 3 is 2.80 bits per heavy atom. The summed E-state index contributed by atoms with van der Waals surface area (Å²) in [6.45, 7) is 4.13. The van der Waals surface area contributed by atoms with Gasteiger partial charge in [0.05, 0.1) is 18.4 Å². The third-order valence-corrected chi connectivity index (χ3v) is 1.68. The van der Waals surface area contributed by atoms with E-state index in [9.17, 15) is 9.18 Å². The van der Waals surface area contributed by atoms with Gasteiger partial charge in [0.15, 0.2) is 0 Å².